The number of hydrogen-bond acceptors (Lipinski definition) is 4. The normalized spacial score (nSPS) is 12.6. The predicted octanol–water partition coefficient (Wildman–Crippen LogP) is 1.39. The van der Waals surface area contributed by atoms with Crippen LogP contribution in [0.25, 0.3) is 0 Å². The van der Waals surface area contributed by atoms with Crippen molar-refractivity contribution in [1.29, 1.82) is 0 Å². The Kier molecular flexibility index (Phi) is 7.15. The van der Waals surface area contributed by atoms with E-state index < -0.39 is 10.0 Å². The van der Waals surface area contributed by atoms with Crippen LogP contribution in [-0.2, 0) is 14.8 Å². The summed E-state index contributed by atoms with van der Waals surface area (Å²) in [4.78, 5) is -0.000159. The molecule has 0 saturated heterocycles. The summed E-state index contributed by atoms with van der Waals surface area (Å²) in [5.74, 6) is 5.54. The second-order valence-electron chi connectivity index (χ2n) is 4.40. The van der Waals surface area contributed by atoms with Gasteiger partial charge in [0.1, 0.15) is 4.90 Å². The van der Waals surface area contributed by atoms with E-state index in [4.69, 9.17) is 21.4 Å². The fourth-order valence-corrected chi connectivity index (χ4v) is 3.40. The summed E-state index contributed by atoms with van der Waals surface area (Å²) in [6, 6.07) is 4.11. The van der Waals surface area contributed by atoms with Gasteiger partial charge in [-0.2, -0.15) is 0 Å². The van der Waals surface area contributed by atoms with Crippen molar-refractivity contribution in [1.82, 2.24) is 4.72 Å². The van der Waals surface area contributed by atoms with E-state index in [1.54, 1.807) is 13.0 Å². The molecule has 0 radical (unpaired) electrons. The van der Waals surface area contributed by atoms with Crippen LogP contribution in [0.3, 0.4) is 0 Å². The Hall–Kier alpha value is -1.10. The largest absolute Gasteiger partial charge is 0.395 e. The molecule has 0 aliphatic carbocycles. The van der Waals surface area contributed by atoms with Crippen LogP contribution in [0, 0.1) is 11.8 Å². The third kappa shape index (κ3) is 5.65. The third-order valence-electron chi connectivity index (χ3n) is 2.46. The summed E-state index contributed by atoms with van der Waals surface area (Å²) in [5.41, 5.74) is 0.595. The van der Waals surface area contributed by atoms with Gasteiger partial charge in [-0.25, -0.2) is 13.1 Å². The molecule has 5 nitrogen and oxygen atoms in total. The maximum absolute atomic E-state index is 12.2. The van der Waals surface area contributed by atoms with Crippen LogP contribution in [0.1, 0.15) is 18.9 Å². The smallest absolute Gasteiger partial charge is 0.242 e. The van der Waals surface area contributed by atoms with Crippen molar-refractivity contribution in [3.05, 3.63) is 28.8 Å². The fourth-order valence-electron chi connectivity index (χ4n) is 1.63. The van der Waals surface area contributed by atoms with Gasteiger partial charge in [-0.15, -0.1) is 0 Å². The number of hydrogen-bond donors (Lipinski definition) is 2. The van der Waals surface area contributed by atoms with Gasteiger partial charge in [0.2, 0.25) is 10.0 Å². The van der Waals surface area contributed by atoms with Crippen molar-refractivity contribution in [2.24, 2.45) is 0 Å². The molecule has 7 heteroatoms. The minimum atomic E-state index is -3.70. The first-order chi connectivity index (χ1) is 9.90. The number of aliphatic hydroxyl groups excluding tert-OH is 1. The average Bonchev–Trinajstić information content (AvgIpc) is 2.38. The summed E-state index contributed by atoms with van der Waals surface area (Å²) in [5, 5.41) is 8.75. The van der Waals surface area contributed by atoms with Gasteiger partial charge < -0.3 is 9.84 Å². The first-order valence-corrected chi connectivity index (χ1v) is 8.17. The molecule has 0 amide bonds. The van der Waals surface area contributed by atoms with Gasteiger partial charge in [0.15, 0.2) is 0 Å². The van der Waals surface area contributed by atoms with Crippen LogP contribution in [-0.4, -0.2) is 39.9 Å². The molecule has 0 heterocycles. The molecule has 0 bridgehead atoms. The number of ether oxygens (including phenoxy) is 1. The Morgan fingerprint density at radius 2 is 2.19 bits per heavy atom. The minimum Gasteiger partial charge on any atom is -0.395 e. The number of sulfonamides is 1. The lowest BCUT2D eigenvalue weighted by molar-refractivity contribution is 0.180. The van der Waals surface area contributed by atoms with Crippen LogP contribution in [0.2, 0.25) is 5.02 Å². The molecular formula is C14H18ClNO4S. The van der Waals surface area contributed by atoms with Crippen LogP contribution < -0.4 is 4.72 Å². The molecule has 0 aliphatic rings. The van der Waals surface area contributed by atoms with Gasteiger partial charge in [0.05, 0.1) is 18.2 Å². The van der Waals surface area contributed by atoms with E-state index >= 15 is 0 Å². The minimum absolute atomic E-state index is 0.000159. The molecular weight excluding hydrogens is 314 g/mol. The lowest BCUT2D eigenvalue weighted by Gasteiger charge is -2.14. The zero-order valence-corrected chi connectivity index (χ0v) is 13.5. The van der Waals surface area contributed by atoms with Crippen molar-refractivity contribution < 1.29 is 18.3 Å². The zero-order chi connectivity index (χ0) is 15.9. The molecule has 0 saturated carbocycles. The first-order valence-electron chi connectivity index (χ1n) is 6.31. The summed E-state index contributed by atoms with van der Waals surface area (Å²) in [7, 11) is -2.21. The van der Waals surface area contributed by atoms with Crippen molar-refractivity contribution in [3.63, 3.8) is 0 Å². The summed E-state index contributed by atoms with van der Waals surface area (Å²) < 4.78 is 31.8. The van der Waals surface area contributed by atoms with Crippen LogP contribution in [0.4, 0.5) is 0 Å². The molecule has 1 aromatic rings. The molecule has 0 aliphatic heterocycles. The van der Waals surface area contributed by atoms with E-state index in [2.05, 4.69) is 16.6 Å². The molecule has 0 fully saturated rings. The van der Waals surface area contributed by atoms with E-state index in [0.717, 1.165) is 0 Å². The standard InChI is InChI=1S/C14H18ClNO4S/c1-11(10-20-2)16-21(18,19)14-7-6-12(9-13(14)15)5-3-4-8-17/h6-7,9,11,16-17H,4,8,10H2,1-2H3. The number of halogens is 1. The van der Waals surface area contributed by atoms with Gasteiger partial charge in [-0.05, 0) is 25.1 Å². The second kappa shape index (κ2) is 8.37. The zero-order valence-electron chi connectivity index (χ0n) is 11.9. The number of benzene rings is 1. The lowest BCUT2D eigenvalue weighted by atomic mass is 10.2. The average molecular weight is 332 g/mol. The number of methoxy groups -OCH3 is 1. The Morgan fingerprint density at radius 1 is 1.48 bits per heavy atom. The maximum Gasteiger partial charge on any atom is 0.242 e. The quantitative estimate of drug-likeness (QED) is 0.772. The van der Waals surface area contributed by atoms with Crippen LogP contribution in [0.5, 0.6) is 0 Å². The number of rotatable bonds is 6. The fraction of sp³-hybridized carbons (Fsp3) is 0.429. The van der Waals surface area contributed by atoms with Crippen molar-refractivity contribution in [2.75, 3.05) is 20.3 Å². The molecule has 1 rings (SSSR count). The molecule has 1 aromatic carbocycles. The van der Waals surface area contributed by atoms with Crippen molar-refractivity contribution >= 4 is 21.6 Å². The monoisotopic (exact) mass is 331 g/mol. The topological polar surface area (TPSA) is 75.6 Å². The Balaban J connectivity index is 2.96. The Labute approximate surface area is 130 Å². The molecule has 116 valence electrons. The first kappa shape index (κ1) is 18.0. The summed E-state index contributed by atoms with van der Waals surface area (Å²) >= 11 is 6.02. The molecule has 0 spiro atoms. The van der Waals surface area contributed by atoms with Crippen LogP contribution in [0.15, 0.2) is 23.1 Å². The van der Waals surface area contributed by atoms with Gasteiger partial charge >= 0.3 is 0 Å². The third-order valence-corrected chi connectivity index (χ3v) is 4.54. The summed E-state index contributed by atoms with van der Waals surface area (Å²) in [6.45, 7) is 1.94. The van der Waals surface area contributed by atoms with Crippen LogP contribution >= 0.6 is 11.6 Å². The van der Waals surface area contributed by atoms with Crippen molar-refractivity contribution in [3.8, 4) is 11.8 Å². The highest BCUT2D eigenvalue weighted by molar-refractivity contribution is 7.89. The van der Waals surface area contributed by atoms with Gasteiger partial charge in [-0.1, -0.05) is 23.4 Å². The molecule has 2 N–H and O–H groups in total. The molecule has 1 unspecified atom stereocenters. The van der Waals surface area contributed by atoms with E-state index in [0.29, 0.717) is 12.0 Å². The Morgan fingerprint density at radius 3 is 2.76 bits per heavy atom. The maximum atomic E-state index is 12.2. The second-order valence-corrected chi connectivity index (χ2v) is 6.49. The highest BCUT2D eigenvalue weighted by Crippen LogP contribution is 2.22. The van der Waals surface area contributed by atoms with E-state index in [9.17, 15) is 8.42 Å². The summed E-state index contributed by atoms with van der Waals surface area (Å²) in [6.07, 6.45) is 0.355. The highest BCUT2D eigenvalue weighted by Gasteiger charge is 2.20. The predicted molar refractivity (Wildman–Crippen MR) is 81.7 cm³/mol. The van der Waals surface area contributed by atoms with E-state index in [1.807, 2.05) is 0 Å². The SMILES string of the molecule is COCC(C)NS(=O)(=O)c1ccc(C#CCCO)cc1Cl. The molecule has 21 heavy (non-hydrogen) atoms. The van der Waals surface area contributed by atoms with Gasteiger partial charge in [-0.3, -0.25) is 0 Å². The van der Waals surface area contributed by atoms with E-state index in [-0.39, 0.29) is 29.2 Å². The van der Waals surface area contributed by atoms with Crippen molar-refractivity contribution in [2.45, 2.75) is 24.3 Å². The number of aliphatic hydroxyl groups is 1. The highest BCUT2D eigenvalue weighted by atomic mass is 35.5. The number of nitrogens with one attached hydrogen (secondary N) is 1. The van der Waals surface area contributed by atoms with E-state index in [1.165, 1.54) is 19.2 Å². The molecule has 1 atom stereocenters. The molecule has 0 aromatic heterocycles. The lowest BCUT2D eigenvalue weighted by Crippen LogP contribution is -2.35. The Bertz CT molecular complexity index is 634. The van der Waals surface area contributed by atoms with Gasteiger partial charge in [0.25, 0.3) is 0 Å². The van der Waals surface area contributed by atoms with Gasteiger partial charge in [0, 0.05) is 25.1 Å².